The summed E-state index contributed by atoms with van der Waals surface area (Å²) in [6.45, 7) is 0. The molecule has 5 nitrogen and oxygen atoms in total. The summed E-state index contributed by atoms with van der Waals surface area (Å²) in [6, 6.07) is 9.32. The third kappa shape index (κ3) is 1.94. The van der Waals surface area contributed by atoms with Crippen LogP contribution in [0, 0.1) is 0 Å². The molecule has 0 atom stereocenters. The van der Waals surface area contributed by atoms with Crippen molar-refractivity contribution in [1.82, 2.24) is 14.4 Å². The molecule has 3 heterocycles. The number of fused-ring (bicyclic) bond motifs is 1. The van der Waals surface area contributed by atoms with Gasteiger partial charge in [-0.05, 0) is 34.1 Å². The van der Waals surface area contributed by atoms with Crippen LogP contribution in [0.15, 0.2) is 41.0 Å². The molecule has 0 saturated carbocycles. The van der Waals surface area contributed by atoms with Gasteiger partial charge in [0.15, 0.2) is 5.65 Å². The van der Waals surface area contributed by atoms with E-state index in [-0.39, 0.29) is 0 Å². The number of pyridine rings is 2. The molecule has 0 amide bonds. The molecule has 19 heavy (non-hydrogen) atoms. The Labute approximate surface area is 118 Å². The van der Waals surface area contributed by atoms with Crippen LogP contribution in [0.25, 0.3) is 17.0 Å². The maximum absolute atomic E-state index is 6.13. The summed E-state index contributed by atoms with van der Waals surface area (Å²) in [6.07, 6.45) is 1.87. The average molecular weight is 319 g/mol. The minimum absolute atomic E-state index is 0.535. The fraction of sp³-hybridized carbons (Fsp3) is 0.0769. The third-order valence-corrected chi connectivity index (χ3v) is 3.43. The minimum atomic E-state index is 0.535. The lowest BCUT2D eigenvalue weighted by Gasteiger charge is -2.01. The van der Waals surface area contributed by atoms with E-state index in [1.165, 1.54) is 0 Å². The van der Waals surface area contributed by atoms with Crippen LogP contribution in [0.5, 0.6) is 5.88 Å². The second-order valence-electron chi connectivity index (χ2n) is 3.96. The first kappa shape index (κ1) is 12.0. The second kappa shape index (κ2) is 4.55. The summed E-state index contributed by atoms with van der Waals surface area (Å²) >= 11 is 3.46. The summed E-state index contributed by atoms with van der Waals surface area (Å²) in [7, 11) is 1.58. The van der Waals surface area contributed by atoms with E-state index in [4.69, 9.17) is 10.5 Å². The van der Waals surface area contributed by atoms with Crippen molar-refractivity contribution in [2.24, 2.45) is 0 Å². The Hall–Kier alpha value is -2.08. The van der Waals surface area contributed by atoms with Crippen molar-refractivity contribution >= 4 is 27.4 Å². The number of aromatic nitrogens is 3. The van der Waals surface area contributed by atoms with Crippen molar-refractivity contribution in [3.8, 4) is 17.3 Å². The molecule has 3 rings (SSSR count). The highest BCUT2D eigenvalue weighted by Gasteiger charge is 2.14. The Morgan fingerprint density at radius 1 is 1.21 bits per heavy atom. The van der Waals surface area contributed by atoms with Gasteiger partial charge in [0.2, 0.25) is 5.88 Å². The molecule has 0 aromatic carbocycles. The fourth-order valence-corrected chi connectivity index (χ4v) is 2.33. The van der Waals surface area contributed by atoms with Crippen LogP contribution in [0.2, 0.25) is 0 Å². The molecule has 0 aliphatic heterocycles. The molecule has 0 aliphatic carbocycles. The van der Waals surface area contributed by atoms with Crippen molar-refractivity contribution in [2.45, 2.75) is 0 Å². The lowest BCUT2D eigenvalue weighted by Crippen LogP contribution is -1.95. The zero-order valence-corrected chi connectivity index (χ0v) is 11.8. The summed E-state index contributed by atoms with van der Waals surface area (Å²) in [5.41, 5.74) is 8.23. The van der Waals surface area contributed by atoms with Crippen molar-refractivity contribution in [2.75, 3.05) is 12.8 Å². The number of ether oxygens (including phenoxy) is 1. The number of imidazole rings is 1. The van der Waals surface area contributed by atoms with Crippen molar-refractivity contribution in [3.63, 3.8) is 0 Å². The zero-order valence-electron chi connectivity index (χ0n) is 10.2. The Morgan fingerprint density at radius 3 is 2.79 bits per heavy atom. The Balaban J connectivity index is 2.25. The highest BCUT2D eigenvalue weighted by Crippen LogP contribution is 2.29. The van der Waals surface area contributed by atoms with Gasteiger partial charge in [-0.25, -0.2) is 9.97 Å². The quantitative estimate of drug-likeness (QED) is 0.789. The van der Waals surface area contributed by atoms with Gasteiger partial charge < -0.3 is 10.5 Å². The number of methoxy groups -OCH3 is 1. The molecule has 3 aromatic rings. The maximum Gasteiger partial charge on any atom is 0.213 e. The van der Waals surface area contributed by atoms with Crippen LogP contribution in [-0.2, 0) is 0 Å². The predicted octanol–water partition coefficient (Wildman–Crippen LogP) is 2.75. The highest BCUT2D eigenvalue weighted by molar-refractivity contribution is 9.10. The smallest absolute Gasteiger partial charge is 0.213 e. The second-order valence-corrected chi connectivity index (χ2v) is 4.81. The van der Waals surface area contributed by atoms with E-state index < -0.39 is 0 Å². The largest absolute Gasteiger partial charge is 0.481 e. The van der Waals surface area contributed by atoms with Crippen LogP contribution in [0.3, 0.4) is 0 Å². The number of nitrogen functional groups attached to an aromatic ring is 1. The summed E-state index contributed by atoms with van der Waals surface area (Å²) in [5.74, 6) is 1.09. The lowest BCUT2D eigenvalue weighted by molar-refractivity contribution is 0.398. The predicted molar refractivity (Wildman–Crippen MR) is 77.1 cm³/mol. The van der Waals surface area contributed by atoms with Crippen LogP contribution in [-0.4, -0.2) is 21.5 Å². The first-order valence-electron chi connectivity index (χ1n) is 5.64. The summed E-state index contributed by atoms with van der Waals surface area (Å²) in [5, 5.41) is 0. The van der Waals surface area contributed by atoms with Gasteiger partial charge in [0.1, 0.15) is 11.5 Å². The minimum Gasteiger partial charge on any atom is -0.481 e. The van der Waals surface area contributed by atoms with Gasteiger partial charge in [-0.15, -0.1) is 0 Å². The van der Waals surface area contributed by atoms with Gasteiger partial charge >= 0.3 is 0 Å². The van der Waals surface area contributed by atoms with E-state index >= 15 is 0 Å². The van der Waals surface area contributed by atoms with Gasteiger partial charge in [-0.1, -0.05) is 6.07 Å². The summed E-state index contributed by atoms with van der Waals surface area (Å²) < 4.78 is 7.82. The number of hydrogen-bond acceptors (Lipinski definition) is 4. The first-order valence-corrected chi connectivity index (χ1v) is 6.43. The Bertz CT molecular complexity index is 753. The molecule has 0 radical (unpaired) electrons. The number of anilines is 1. The average Bonchev–Trinajstić information content (AvgIpc) is 2.78. The van der Waals surface area contributed by atoms with Gasteiger partial charge in [0.05, 0.1) is 17.3 Å². The van der Waals surface area contributed by atoms with Gasteiger partial charge in [0.25, 0.3) is 0 Å². The van der Waals surface area contributed by atoms with Crippen LogP contribution in [0.4, 0.5) is 5.82 Å². The molecule has 0 aliphatic rings. The molecule has 0 unspecified atom stereocenters. The van der Waals surface area contributed by atoms with Crippen molar-refractivity contribution in [3.05, 3.63) is 41.0 Å². The van der Waals surface area contributed by atoms with E-state index in [2.05, 4.69) is 25.9 Å². The number of nitrogens with two attached hydrogens (primary N) is 1. The molecule has 96 valence electrons. The molecule has 3 aromatic heterocycles. The van der Waals surface area contributed by atoms with Gasteiger partial charge in [-0.2, -0.15) is 0 Å². The molecule has 6 heteroatoms. The molecule has 0 bridgehead atoms. The molecule has 0 spiro atoms. The van der Waals surface area contributed by atoms with E-state index in [9.17, 15) is 0 Å². The van der Waals surface area contributed by atoms with E-state index in [0.29, 0.717) is 23.1 Å². The molecular weight excluding hydrogens is 308 g/mol. The molecular formula is C13H11BrN4O. The van der Waals surface area contributed by atoms with Crippen LogP contribution >= 0.6 is 15.9 Å². The standard InChI is InChI=1S/C13H11BrN4O/c1-19-10-6-2-5-9(16-10)11-12(15)18-7-3-4-8(14)13(18)17-11/h2-7H,15H2,1H3. The fourth-order valence-electron chi connectivity index (χ4n) is 1.90. The molecule has 2 N–H and O–H groups in total. The third-order valence-electron chi connectivity index (χ3n) is 2.81. The zero-order chi connectivity index (χ0) is 13.4. The van der Waals surface area contributed by atoms with Crippen LogP contribution < -0.4 is 10.5 Å². The highest BCUT2D eigenvalue weighted by atomic mass is 79.9. The topological polar surface area (TPSA) is 65.4 Å². The summed E-state index contributed by atoms with van der Waals surface area (Å²) in [4.78, 5) is 8.88. The molecule has 0 saturated heterocycles. The van der Waals surface area contributed by atoms with Gasteiger partial charge in [0, 0.05) is 12.3 Å². The van der Waals surface area contributed by atoms with E-state index in [0.717, 1.165) is 10.1 Å². The maximum atomic E-state index is 6.13. The first-order chi connectivity index (χ1) is 9.20. The van der Waals surface area contributed by atoms with Crippen molar-refractivity contribution in [1.29, 1.82) is 0 Å². The number of halogens is 1. The van der Waals surface area contributed by atoms with Gasteiger partial charge in [-0.3, -0.25) is 4.40 Å². The lowest BCUT2D eigenvalue weighted by atomic mass is 10.3. The normalized spacial score (nSPS) is 10.8. The van der Waals surface area contributed by atoms with E-state index in [1.54, 1.807) is 13.2 Å². The van der Waals surface area contributed by atoms with Crippen molar-refractivity contribution < 1.29 is 4.74 Å². The monoisotopic (exact) mass is 318 g/mol. The Kier molecular flexibility index (Phi) is 2.87. The van der Waals surface area contributed by atoms with Crippen LogP contribution in [0.1, 0.15) is 0 Å². The number of hydrogen-bond donors (Lipinski definition) is 1. The van der Waals surface area contributed by atoms with E-state index in [1.807, 2.05) is 34.9 Å². The number of nitrogens with zero attached hydrogens (tertiary/aromatic N) is 3. The SMILES string of the molecule is COc1cccc(-c2nc3c(Br)cccn3c2N)n1. The Morgan fingerprint density at radius 2 is 2.05 bits per heavy atom. The molecule has 0 fully saturated rings. The number of rotatable bonds is 2.